The smallest absolute Gasteiger partial charge is 0.308 e. The van der Waals surface area contributed by atoms with Crippen LogP contribution in [0.25, 0.3) is 11.0 Å². The van der Waals surface area contributed by atoms with Gasteiger partial charge in [-0.25, -0.2) is 4.98 Å². The number of carbonyl (C=O) groups is 1. The monoisotopic (exact) mass is 236 g/mol. The van der Waals surface area contributed by atoms with Gasteiger partial charge in [-0.05, 0) is 0 Å². The van der Waals surface area contributed by atoms with Crippen molar-refractivity contribution in [1.82, 2.24) is 19.3 Å². The summed E-state index contributed by atoms with van der Waals surface area (Å²) in [5.41, 5.74) is 0.227. The molecule has 0 aliphatic heterocycles. The van der Waals surface area contributed by atoms with E-state index >= 15 is 0 Å². The summed E-state index contributed by atoms with van der Waals surface area (Å²) < 4.78 is 2.80. The lowest BCUT2D eigenvalue weighted by Crippen LogP contribution is -2.26. The minimum Gasteiger partial charge on any atom is -0.481 e. The van der Waals surface area contributed by atoms with Crippen molar-refractivity contribution in [3.8, 4) is 0 Å². The second-order valence-corrected chi connectivity index (χ2v) is 3.95. The predicted molar refractivity (Wildman–Crippen MR) is 59.6 cm³/mol. The third kappa shape index (κ3) is 1.91. The van der Waals surface area contributed by atoms with Gasteiger partial charge < -0.3 is 5.11 Å². The Labute approximate surface area is 96.3 Å². The number of nitrogens with zero attached hydrogens (tertiary/aromatic N) is 4. The maximum absolute atomic E-state index is 12.0. The standard InChI is InChI=1S/C10H12N4O3/c1-6(10(16)17)4-14-5-11-8-7(9(14)15)3-12-13(8)2/h3,5-6H,4H2,1-2H3,(H,16,17). The number of aromatic nitrogens is 4. The molecule has 2 rings (SSSR count). The molecule has 0 aliphatic carbocycles. The first-order chi connectivity index (χ1) is 8.00. The molecule has 7 nitrogen and oxygen atoms in total. The predicted octanol–water partition coefficient (Wildman–Crippen LogP) is -0.149. The molecule has 0 aliphatic rings. The summed E-state index contributed by atoms with van der Waals surface area (Å²) in [4.78, 5) is 26.8. The molecule has 1 unspecified atom stereocenters. The van der Waals surface area contributed by atoms with E-state index in [1.807, 2.05) is 0 Å². The zero-order valence-corrected chi connectivity index (χ0v) is 9.49. The normalized spacial score (nSPS) is 12.8. The highest BCUT2D eigenvalue weighted by Crippen LogP contribution is 2.05. The quantitative estimate of drug-likeness (QED) is 0.800. The first-order valence-corrected chi connectivity index (χ1v) is 5.10. The fourth-order valence-electron chi connectivity index (χ4n) is 1.57. The minimum atomic E-state index is -0.941. The average molecular weight is 236 g/mol. The number of hydrogen-bond acceptors (Lipinski definition) is 4. The van der Waals surface area contributed by atoms with Crippen molar-refractivity contribution in [1.29, 1.82) is 0 Å². The summed E-state index contributed by atoms with van der Waals surface area (Å²) in [6, 6.07) is 0. The summed E-state index contributed by atoms with van der Waals surface area (Å²) in [7, 11) is 1.69. The zero-order chi connectivity index (χ0) is 12.6. The molecule has 2 aromatic heterocycles. The van der Waals surface area contributed by atoms with Crippen LogP contribution in [0.2, 0.25) is 0 Å². The number of carboxylic acids is 1. The lowest BCUT2D eigenvalue weighted by Gasteiger charge is -2.08. The number of carboxylic acid groups (broad SMARTS) is 1. The van der Waals surface area contributed by atoms with Gasteiger partial charge in [0.05, 0.1) is 18.4 Å². The van der Waals surface area contributed by atoms with Gasteiger partial charge in [0.2, 0.25) is 0 Å². The first kappa shape index (κ1) is 11.3. The van der Waals surface area contributed by atoms with Gasteiger partial charge in [-0.15, -0.1) is 0 Å². The number of aliphatic carboxylic acids is 1. The van der Waals surface area contributed by atoms with Gasteiger partial charge in [0, 0.05) is 13.6 Å². The molecule has 0 saturated heterocycles. The van der Waals surface area contributed by atoms with E-state index in [4.69, 9.17) is 5.11 Å². The molecule has 0 radical (unpaired) electrons. The third-order valence-electron chi connectivity index (χ3n) is 2.61. The van der Waals surface area contributed by atoms with Crippen LogP contribution in [-0.4, -0.2) is 30.4 Å². The lowest BCUT2D eigenvalue weighted by atomic mass is 10.2. The Balaban J connectivity index is 2.46. The van der Waals surface area contributed by atoms with E-state index in [0.29, 0.717) is 11.0 Å². The molecule has 2 aromatic rings. The van der Waals surface area contributed by atoms with E-state index < -0.39 is 11.9 Å². The summed E-state index contributed by atoms with van der Waals surface area (Å²) in [6.45, 7) is 1.65. The number of fused-ring (bicyclic) bond motifs is 1. The van der Waals surface area contributed by atoms with E-state index in [1.54, 1.807) is 14.0 Å². The third-order valence-corrected chi connectivity index (χ3v) is 2.61. The number of aryl methyl sites for hydroxylation is 1. The van der Waals surface area contributed by atoms with Gasteiger partial charge in [0.25, 0.3) is 5.56 Å². The summed E-state index contributed by atoms with van der Waals surface area (Å²) in [5.74, 6) is -1.58. The molecule has 0 fully saturated rings. The molecule has 1 atom stereocenters. The number of rotatable bonds is 3. The van der Waals surface area contributed by atoms with E-state index in [9.17, 15) is 9.59 Å². The molecule has 0 bridgehead atoms. The van der Waals surface area contributed by atoms with Crippen LogP contribution < -0.4 is 5.56 Å². The molecule has 0 aromatic carbocycles. The molecular formula is C10H12N4O3. The fourth-order valence-corrected chi connectivity index (χ4v) is 1.57. The Morgan fingerprint density at radius 3 is 2.94 bits per heavy atom. The highest BCUT2D eigenvalue weighted by molar-refractivity contribution is 5.73. The van der Waals surface area contributed by atoms with Crippen LogP contribution in [0, 0.1) is 5.92 Å². The van der Waals surface area contributed by atoms with Crippen molar-refractivity contribution in [2.75, 3.05) is 0 Å². The van der Waals surface area contributed by atoms with E-state index in [1.165, 1.54) is 21.8 Å². The van der Waals surface area contributed by atoms with Gasteiger partial charge in [-0.2, -0.15) is 5.10 Å². The van der Waals surface area contributed by atoms with Crippen molar-refractivity contribution in [3.05, 3.63) is 22.9 Å². The first-order valence-electron chi connectivity index (χ1n) is 5.10. The van der Waals surface area contributed by atoms with Crippen LogP contribution in [0.3, 0.4) is 0 Å². The summed E-state index contributed by atoms with van der Waals surface area (Å²) >= 11 is 0. The van der Waals surface area contributed by atoms with Gasteiger partial charge >= 0.3 is 5.97 Å². The fraction of sp³-hybridized carbons (Fsp3) is 0.400. The van der Waals surface area contributed by atoms with Crippen LogP contribution in [0.4, 0.5) is 0 Å². The summed E-state index contributed by atoms with van der Waals surface area (Å²) in [5, 5.41) is 13.1. The number of hydrogen-bond donors (Lipinski definition) is 1. The van der Waals surface area contributed by atoms with Crippen molar-refractivity contribution in [2.45, 2.75) is 13.5 Å². The van der Waals surface area contributed by atoms with Crippen LogP contribution in [0.5, 0.6) is 0 Å². The largest absolute Gasteiger partial charge is 0.481 e. The van der Waals surface area contributed by atoms with Crippen molar-refractivity contribution in [3.63, 3.8) is 0 Å². The molecule has 0 spiro atoms. The summed E-state index contributed by atoms with van der Waals surface area (Å²) in [6.07, 6.45) is 2.79. The van der Waals surface area contributed by atoms with E-state index in [-0.39, 0.29) is 12.1 Å². The Hall–Kier alpha value is -2.18. The van der Waals surface area contributed by atoms with E-state index in [0.717, 1.165) is 0 Å². The second-order valence-electron chi connectivity index (χ2n) is 3.95. The maximum Gasteiger partial charge on any atom is 0.308 e. The Bertz CT molecular complexity index is 628. The molecule has 2 heterocycles. The minimum absolute atomic E-state index is 0.103. The lowest BCUT2D eigenvalue weighted by molar-refractivity contribution is -0.141. The SMILES string of the molecule is CC(Cn1cnc2c(cnn2C)c1=O)C(=O)O. The molecule has 0 saturated carbocycles. The van der Waals surface area contributed by atoms with Gasteiger partial charge in [0.15, 0.2) is 5.65 Å². The molecule has 90 valence electrons. The van der Waals surface area contributed by atoms with Gasteiger partial charge in [0.1, 0.15) is 5.39 Å². The van der Waals surface area contributed by atoms with Crippen molar-refractivity contribution < 1.29 is 9.90 Å². The Morgan fingerprint density at radius 2 is 2.29 bits per heavy atom. The molecule has 1 N–H and O–H groups in total. The molecular weight excluding hydrogens is 224 g/mol. The molecule has 7 heteroatoms. The average Bonchev–Trinajstić information content (AvgIpc) is 2.65. The van der Waals surface area contributed by atoms with Crippen molar-refractivity contribution >= 4 is 17.0 Å². The Morgan fingerprint density at radius 1 is 1.59 bits per heavy atom. The van der Waals surface area contributed by atoms with E-state index in [2.05, 4.69) is 10.1 Å². The highest BCUT2D eigenvalue weighted by Gasteiger charge is 2.14. The Kier molecular flexibility index (Phi) is 2.66. The second kappa shape index (κ2) is 4.00. The van der Waals surface area contributed by atoms with Crippen LogP contribution >= 0.6 is 0 Å². The van der Waals surface area contributed by atoms with Gasteiger partial charge in [-0.3, -0.25) is 18.8 Å². The zero-order valence-electron chi connectivity index (χ0n) is 9.49. The topological polar surface area (TPSA) is 90.0 Å². The van der Waals surface area contributed by atoms with Crippen LogP contribution in [0.1, 0.15) is 6.92 Å². The van der Waals surface area contributed by atoms with Crippen LogP contribution in [0.15, 0.2) is 17.3 Å². The molecule has 0 amide bonds. The van der Waals surface area contributed by atoms with Crippen molar-refractivity contribution in [2.24, 2.45) is 13.0 Å². The highest BCUT2D eigenvalue weighted by atomic mass is 16.4. The van der Waals surface area contributed by atoms with Crippen LogP contribution in [-0.2, 0) is 18.4 Å². The maximum atomic E-state index is 12.0. The molecule has 17 heavy (non-hydrogen) atoms. The van der Waals surface area contributed by atoms with Gasteiger partial charge in [-0.1, -0.05) is 6.92 Å².